The molecule has 0 radical (unpaired) electrons. The van der Waals surface area contributed by atoms with Crippen LogP contribution in [0.3, 0.4) is 0 Å². The van der Waals surface area contributed by atoms with E-state index in [9.17, 15) is 4.79 Å². The first-order valence-corrected chi connectivity index (χ1v) is 3.61. The van der Waals surface area contributed by atoms with E-state index in [1.807, 2.05) is 7.05 Å². The van der Waals surface area contributed by atoms with Crippen molar-refractivity contribution in [3.8, 4) is 11.8 Å². The molecule has 0 amide bonds. The van der Waals surface area contributed by atoms with Crippen LogP contribution < -0.4 is 0 Å². The Kier molecular flexibility index (Phi) is 2.50. The molecule has 1 fully saturated rings. The Hall–Kier alpha value is -1.01. The van der Waals surface area contributed by atoms with Crippen molar-refractivity contribution < 1.29 is 9.90 Å². The summed E-state index contributed by atoms with van der Waals surface area (Å²) in [4.78, 5) is 12.2. The number of aliphatic carboxylic acids is 1. The van der Waals surface area contributed by atoms with E-state index >= 15 is 0 Å². The van der Waals surface area contributed by atoms with Crippen LogP contribution in [0.2, 0.25) is 0 Å². The number of carbonyl (C=O) groups is 1. The summed E-state index contributed by atoms with van der Waals surface area (Å²) in [6, 6.07) is 0. The zero-order chi connectivity index (χ0) is 8.27. The largest absolute Gasteiger partial charge is 0.472 e. The molecular formula is C8H11NO2. The summed E-state index contributed by atoms with van der Waals surface area (Å²) < 4.78 is 0. The molecule has 1 N–H and O–H groups in total. The van der Waals surface area contributed by atoms with Gasteiger partial charge < -0.3 is 10.0 Å². The van der Waals surface area contributed by atoms with Crippen molar-refractivity contribution in [2.75, 3.05) is 20.1 Å². The van der Waals surface area contributed by atoms with Crippen molar-refractivity contribution in [2.45, 2.75) is 6.42 Å². The molecule has 1 atom stereocenters. The quantitative estimate of drug-likeness (QED) is 0.499. The van der Waals surface area contributed by atoms with Gasteiger partial charge in [0.25, 0.3) is 0 Å². The van der Waals surface area contributed by atoms with Crippen molar-refractivity contribution in [1.29, 1.82) is 0 Å². The van der Waals surface area contributed by atoms with Gasteiger partial charge in [-0.3, -0.25) is 0 Å². The highest BCUT2D eigenvalue weighted by molar-refractivity contribution is 5.86. The molecule has 0 saturated carbocycles. The van der Waals surface area contributed by atoms with Crippen molar-refractivity contribution in [2.24, 2.45) is 5.92 Å². The van der Waals surface area contributed by atoms with E-state index in [0.717, 1.165) is 19.5 Å². The molecule has 1 aliphatic heterocycles. The number of likely N-dealkylation sites (tertiary alicyclic amines) is 1. The minimum Gasteiger partial charge on any atom is -0.472 e. The highest BCUT2D eigenvalue weighted by atomic mass is 16.4. The molecule has 1 unspecified atom stereocenters. The lowest BCUT2D eigenvalue weighted by atomic mass is 10.1. The van der Waals surface area contributed by atoms with Crippen molar-refractivity contribution in [3.05, 3.63) is 0 Å². The third kappa shape index (κ3) is 2.60. The van der Waals surface area contributed by atoms with Gasteiger partial charge in [0.05, 0.1) is 0 Å². The van der Waals surface area contributed by atoms with Gasteiger partial charge in [0, 0.05) is 18.4 Å². The Balaban J connectivity index is 2.41. The Bertz CT molecular complexity index is 214. The highest BCUT2D eigenvalue weighted by Gasteiger charge is 2.16. The molecule has 1 saturated heterocycles. The maximum Gasteiger partial charge on any atom is 0.381 e. The van der Waals surface area contributed by atoms with Crippen LogP contribution in [-0.2, 0) is 4.79 Å². The van der Waals surface area contributed by atoms with Gasteiger partial charge in [-0.05, 0) is 20.0 Å². The topological polar surface area (TPSA) is 40.5 Å². The van der Waals surface area contributed by atoms with Crippen LogP contribution in [0, 0.1) is 17.8 Å². The van der Waals surface area contributed by atoms with Crippen LogP contribution in [0.4, 0.5) is 0 Å². The number of carboxylic acids is 1. The smallest absolute Gasteiger partial charge is 0.381 e. The van der Waals surface area contributed by atoms with Gasteiger partial charge in [0.2, 0.25) is 0 Å². The lowest BCUT2D eigenvalue weighted by molar-refractivity contribution is -0.130. The zero-order valence-electron chi connectivity index (χ0n) is 6.50. The van der Waals surface area contributed by atoms with E-state index in [2.05, 4.69) is 16.7 Å². The van der Waals surface area contributed by atoms with E-state index in [4.69, 9.17) is 5.11 Å². The van der Waals surface area contributed by atoms with E-state index in [0.29, 0.717) is 0 Å². The third-order valence-electron chi connectivity index (χ3n) is 1.77. The predicted octanol–water partition coefficient (Wildman–Crippen LogP) is 0.0261. The molecule has 0 bridgehead atoms. The summed E-state index contributed by atoms with van der Waals surface area (Å²) in [6.45, 7) is 1.93. The van der Waals surface area contributed by atoms with Crippen LogP contribution in [0.15, 0.2) is 0 Å². The van der Waals surface area contributed by atoms with Gasteiger partial charge in [0.15, 0.2) is 0 Å². The van der Waals surface area contributed by atoms with E-state index < -0.39 is 5.97 Å². The van der Waals surface area contributed by atoms with E-state index in [1.54, 1.807) is 0 Å². The molecule has 1 aliphatic rings. The van der Waals surface area contributed by atoms with Crippen LogP contribution in [0.1, 0.15) is 6.42 Å². The number of hydrogen-bond donors (Lipinski definition) is 1. The maximum absolute atomic E-state index is 10.1. The summed E-state index contributed by atoms with van der Waals surface area (Å²) in [5.41, 5.74) is 0. The summed E-state index contributed by atoms with van der Waals surface area (Å²) in [5, 5.41) is 8.25. The van der Waals surface area contributed by atoms with Crippen molar-refractivity contribution in [3.63, 3.8) is 0 Å². The Morgan fingerprint density at radius 3 is 2.91 bits per heavy atom. The van der Waals surface area contributed by atoms with E-state index in [-0.39, 0.29) is 5.92 Å². The van der Waals surface area contributed by atoms with Gasteiger partial charge in [0.1, 0.15) is 0 Å². The molecule has 11 heavy (non-hydrogen) atoms. The minimum atomic E-state index is -1.03. The first-order chi connectivity index (χ1) is 5.18. The highest BCUT2D eigenvalue weighted by Crippen LogP contribution is 2.12. The maximum atomic E-state index is 10.1. The SMILES string of the molecule is CN1CCC(C#CC(=O)O)C1. The van der Waals surface area contributed by atoms with Gasteiger partial charge in [-0.1, -0.05) is 5.92 Å². The molecule has 0 spiro atoms. The van der Waals surface area contributed by atoms with Gasteiger partial charge in [-0.15, -0.1) is 0 Å². The average Bonchev–Trinajstić information content (AvgIpc) is 2.31. The predicted molar refractivity (Wildman–Crippen MR) is 41.0 cm³/mol. The molecule has 3 nitrogen and oxygen atoms in total. The summed E-state index contributed by atoms with van der Waals surface area (Å²) in [7, 11) is 2.02. The first kappa shape index (κ1) is 8.09. The van der Waals surface area contributed by atoms with Gasteiger partial charge >= 0.3 is 5.97 Å². The molecular weight excluding hydrogens is 142 g/mol. The van der Waals surface area contributed by atoms with E-state index in [1.165, 1.54) is 0 Å². The number of carboxylic acid groups (broad SMARTS) is 1. The number of nitrogens with zero attached hydrogens (tertiary/aromatic N) is 1. The summed E-state index contributed by atoms with van der Waals surface area (Å²) >= 11 is 0. The standard InChI is InChI=1S/C8H11NO2/c1-9-5-4-7(6-9)2-3-8(10)11/h7H,4-6H2,1H3,(H,10,11). The molecule has 0 aliphatic carbocycles. The minimum absolute atomic E-state index is 0.260. The average molecular weight is 153 g/mol. The third-order valence-corrected chi connectivity index (χ3v) is 1.77. The Labute approximate surface area is 66.0 Å². The fourth-order valence-corrected chi connectivity index (χ4v) is 1.22. The fraction of sp³-hybridized carbons (Fsp3) is 0.625. The van der Waals surface area contributed by atoms with Gasteiger partial charge in [-0.25, -0.2) is 4.79 Å². The molecule has 60 valence electrons. The Morgan fingerprint density at radius 1 is 1.73 bits per heavy atom. The molecule has 1 heterocycles. The molecule has 0 aromatic carbocycles. The fourth-order valence-electron chi connectivity index (χ4n) is 1.22. The summed E-state index contributed by atoms with van der Waals surface area (Å²) in [5.74, 6) is 4.10. The lowest BCUT2D eigenvalue weighted by Gasteiger charge is -2.03. The normalized spacial score (nSPS) is 24.3. The van der Waals surface area contributed by atoms with Crippen LogP contribution in [-0.4, -0.2) is 36.1 Å². The first-order valence-electron chi connectivity index (χ1n) is 3.61. The molecule has 3 heteroatoms. The molecule has 1 rings (SSSR count). The van der Waals surface area contributed by atoms with Crippen molar-refractivity contribution in [1.82, 2.24) is 4.90 Å². The Morgan fingerprint density at radius 2 is 2.45 bits per heavy atom. The number of rotatable bonds is 0. The molecule has 0 aromatic rings. The molecule has 0 aromatic heterocycles. The second-order valence-electron chi connectivity index (χ2n) is 2.82. The van der Waals surface area contributed by atoms with Crippen LogP contribution >= 0.6 is 0 Å². The van der Waals surface area contributed by atoms with Crippen molar-refractivity contribution >= 4 is 5.97 Å². The van der Waals surface area contributed by atoms with Gasteiger partial charge in [-0.2, -0.15) is 0 Å². The van der Waals surface area contributed by atoms with Crippen LogP contribution in [0.25, 0.3) is 0 Å². The summed E-state index contributed by atoms with van der Waals surface area (Å²) in [6.07, 6.45) is 0.997. The van der Waals surface area contributed by atoms with Crippen LogP contribution in [0.5, 0.6) is 0 Å². The second-order valence-corrected chi connectivity index (χ2v) is 2.82. The monoisotopic (exact) mass is 153 g/mol. The lowest BCUT2D eigenvalue weighted by Crippen LogP contribution is -2.13. The zero-order valence-corrected chi connectivity index (χ0v) is 6.50. The number of hydrogen-bond acceptors (Lipinski definition) is 2. The second kappa shape index (κ2) is 3.40.